The SMILES string of the molecule is CC1=CC(C)(C)n2c(-c3[c-]cccc3)nc3cccc1c32.[Ir].[c-]1ccc2c(oc3ccccc32)c1-c1cc(C2CCCC2)ccn1. The Hall–Kier alpha value is -4.31. The smallest absolute Gasteiger partial charge is 0.120 e. The maximum atomic E-state index is 6.13. The number of para-hydroxylation sites is 2. The van der Waals surface area contributed by atoms with Crippen molar-refractivity contribution in [3.63, 3.8) is 0 Å². The van der Waals surface area contributed by atoms with E-state index in [1.54, 1.807) is 0 Å². The molecule has 0 spiro atoms. The summed E-state index contributed by atoms with van der Waals surface area (Å²) in [7, 11) is 0. The summed E-state index contributed by atoms with van der Waals surface area (Å²) in [6.45, 7) is 6.65. The standard InChI is InChI=1S/C22H18NO.C19H17N2.Ir/c1-2-7-15(6-1)16-12-13-23-20(14-16)19-10-5-9-18-17-8-3-4-11-21(17)24-22(18)19;1-13-12-19(2,3)21-17-15(13)10-7-11-16(17)20-18(21)14-8-5-4-6-9-14;/h3-5,8-9,11-15H,1-2,6-7H2;4-8,10-12H,1-3H3;/q2*-1;. The van der Waals surface area contributed by atoms with Crippen molar-refractivity contribution in [1.29, 1.82) is 0 Å². The van der Waals surface area contributed by atoms with Gasteiger partial charge in [0.1, 0.15) is 5.58 Å². The molecule has 0 saturated heterocycles. The predicted octanol–water partition coefficient (Wildman–Crippen LogP) is 10.8. The molecule has 231 valence electrons. The fraction of sp³-hybridized carbons (Fsp3) is 0.220. The van der Waals surface area contributed by atoms with Gasteiger partial charge in [0, 0.05) is 37.3 Å². The number of rotatable bonds is 3. The van der Waals surface area contributed by atoms with Crippen molar-refractivity contribution in [2.24, 2.45) is 0 Å². The van der Waals surface area contributed by atoms with Gasteiger partial charge in [0.05, 0.1) is 28.0 Å². The summed E-state index contributed by atoms with van der Waals surface area (Å²) in [4.78, 5) is 9.49. The summed E-state index contributed by atoms with van der Waals surface area (Å²) in [5.41, 5.74) is 11.0. The van der Waals surface area contributed by atoms with Crippen LogP contribution in [0.4, 0.5) is 0 Å². The maximum absolute atomic E-state index is 6.13. The molecule has 1 radical (unpaired) electrons. The summed E-state index contributed by atoms with van der Waals surface area (Å²) < 4.78 is 8.48. The van der Waals surface area contributed by atoms with Crippen LogP contribution in [-0.2, 0) is 25.6 Å². The van der Waals surface area contributed by atoms with E-state index in [2.05, 4.69) is 97.1 Å². The number of benzene rings is 4. The number of fused-ring (bicyclic) bond motifs is 3. The molecule has 46 heavy (non-hydrogen) atoms. The van der Waals surface area contributed by atoms with Gasteiger partial charge in [-0.1, -0.05) is 71.8 Å². The van der Waals surface area contributed by atoms with Gasteiger partial charge in [-0.05, 0) is 69.0 Å². The van der Waals surface area contributed by atoms with Gasteiger partial charge in [-0.3, -0.25) is 4.98 Å². The summed E-state index contributed by atoms with van der Waals surface area (Å²) >= 11 is 0. The fourth-order valence-electron chi connectivity index (χ4n) is 7.37. The number of hydrogen-bond donors (Lipinski definition) is 0. The second-order valence-corrected chi connectivity index (χ2v) is 12.9. The number of allylic oxidation sites excluding steroid dienone is 2. The minimum absolute atomic E-state index is 0. The number of aromatic nitrogens is 3. The van der Waals surface area contributed by atoms with E-state index < -0.39 is 0 Å². The molecule has 9 rings (SSSR count). The van der Waals surface area contributed by atoms with Crippen LogP contribution in [0.5, 0.6) is 0 Å². The van der Waals surface area contributed by atoms with Crippen molar-refractivity contribution in [3.05, 3.63) is 127 Å². The first-order valence-electron chi connectivity index (χ1n) is 15.9. The Balaban J connectivity index is 0.000000145. The minimum Gasteiger partial charge on any atom is -0.501 e. The van der Waals surface area contributed by atoms with Gasteiger partial charge in [0.2, 0.25) is 0 Å². The van der Waals surface area contributed by atoms with Crippen LogP contribution < -0.4 is 0 Å². The first-order valence-corrected chi connectivity index (χ1v) is 15.9. The van der Waals surface area contributed by atoms with E-state index in [9.17, 15) is 0 Å². The molecule has 0 unspecified atom stereocenters. The van der Waals surface area contributed by atoms with E-state index in [1.165, 1.54) is 47.9 Å². The van der Waals surface area contributed by atoms with Crippen molar-refractivity contribution < 1.29 is 24.5 Å². The molecule has 4 heterocycles. The number of pyridine rings is 1. The monoisotopic (exact) mass is 778 g/mol. The zero-order valence-corrected chi connectivity index (χ0v) is 28.7. The Bertz CT molecular complexity index is 2220. The first kappa shape index (κ1) is 30.3. The largest absolute Gasteiger partial charge is 0.501 e. The second-order valence-electron chi connectivity index (χ2n) is 12.9. The van der Waals surface area contributed by atoms with Gasteiger partial charge >= 0.3 is 0 Å². The van der Waals surface area contributed by atoms with Gasteiger partial charge < -0.3 is 14.0 Å². The van der Waals surface area contributed by atoms with Crippen LogP contribution >= 0.6 is 0 Å². The molecule has 7 aromatic rings. The molecule has 4 nitrogen and oxygen atoms in total. The molecule has 0 N–H and O–H groups in total. The van der Waals surface area contributed by atoms with Gasteiger partial charge in [0.25, 0.3) is 0 Å². The molecule has 3 aromatic heterocycles. The van der Waals surface area contributed by atoms with E-state index in [4.69, 9.17) is 9.40 Å². The van der Waals surface area contributed by atoms with Crippen molar-refractivity contribution >= 4 is 38.5 Å². The first-order chi connectivity index (χ1) is 22.0. The van der Waals surface area contributed by atoms with Crippen LogP contribution in [0.15, 0.2) is 108 Å². The number of furan rings is 1. The van der Waals surface area contributed by atoms with Crippen LogP contribution in [0.3, 0.4) is 0 Å². The van der Waals surface area contributed by atoms with E-state index in [0.29, 0.717) is 5.92 Å². The Kier molecular flexibility index (Phi) is 8.00. The van der Waals surface area contributed by atoms with Gasteiger partial charge in [-0.2, -0.15) is 0 Å². The normalized spacial score (nSPS) is 15.4. The Morgan fingerprint density at radius 1 is 0.870 bits per heavy atom. The van der Waals surface area contributed by atoms with E-state index >= 15 is 0 Å². The van der Waals surface area contributed by atoms with Crippen molar-refractivity contribution in [2.75, 3.05) is 0 Å². The summed E-state index contributed by atoms with van der Waals surface area (Å²) in [6.07, 6.45) is 9.52. The molecule has 1 saturated carbocycles. The number of hydrogen-bond acceptors (Lipinski definition) is 3. The van der Waals surface area contributed by atoms with Gasteiger partial charge in [-0.15, -0.1) is 54.1 Å². The van der Waals surface area contributed by atoms with Crippen molar-refractivity contribution in [2.45, 2.75) is 57.9 Å². The molecule has 0 amide bonds. The average Bonchev–Trinajstić information content (AvgIpc) is 3.83. The predicted molar refractivity (Wildman–Crippen MR) is 184 cm³/mol. The van der Waals surface area contributed by atoms with Crippen LogP contribution in [0.2, 0.25) is 0 Å². The van der Waals surface area contributed by atoms with Crippen molar-refractivity contribution in [1.82, 2.24) is 14.5 Å². The third-order valence-corrected chi connectivity index (χ3v) is 9.40. The van der Waals surface area contributed by atoms with Crippen LogP contribution in [0.25, 0.3) is 61.2 Å². The third kappa shape index (κ3) is 5.22. The zero-order chi connectivity index (χ0) is 30.5. The molecule has 1 aliphatic heterocycles. The molecule has 2 aliphatic rings. The minimum atomic E-state index is -0.0911. The summed E-state index contributed by atoms with van der Waals surface area (Å²) in [6, 6.07) is 37.7. The number of nitrogens with zero attached hydrogens (tertiary/aromatic N) is 3. The molecule has 4 aromatic carbocycles. The molecule has 1 aliphatic carbocycles. The number of imidazole rings is 1. The van der Waals surface area contributed by atoms with Gasteiger partial charge in [0.15, 0.2) is 0 Å². The molecule has 0 bridgehead atoms. The molecular formula is C41H35IrN3O-2. The van der Waals surface area contributed by atoms with E-state index in [-0.39, 0.29) is 25.6 Å². The Labute approximate surface area is 283 Å². The van der Waals surface area contributed by atoms with Crippen LogP contribution in [-0.4, -0.2) is 14.5 Å². The second kappa shape index (κ2) is 12.1. The third-order valence-electron chi connectivity index (χ3n) is 9.40. The maximum Gasteiger partial charge on any atom is 0.120 e. The Morgan fingerprint density at radius 3 is 2.52 bits per heavy atom. The Morgan fingerprint density at radius 2 is 1.70 bits per heavy atom. The van der Waals surface area contributed by atoms with E-state index in [0.717, 1.165) is 50.1 Å². The molecular weight excluding hydrogens is 743 g/mol. The average molecular weight is 778 g/mol. The van der Waals surface area contributed by atoms with E-state index in [1.807, 2.05) is 48.7 Å². The van der Waals surface area contributed by atoms with Crippen LogP contribution in [0, 0.1) is 12.1 Å². The topological polar surface area (TPSA) is 43.9 Å². The summed E-state index contributed by atoms with van der Waals surface area (Å²) in [5.74, 6) is 1.67. The zero-order valence-electron chi connectivity index (χ0n) is 26.3. The van der Waals surface area contributed by atoms with Crippen LogP contribution in [0.1, 0.15) is 63.5 Å². The molecule has 1 fully saturated rings. The quantitative estimate of drug-likeness (QED) is 0.168. The van der Waals surface area contributed by atoms with Crippen molar-refractivity contribution in [3.8, 4) is 22.6 Å². The van der Waals surface area contributed by atoms with Gasteiger partial charge in [-0.25, -0.2) is 0 Å². The summed E-state index contributed by atoms with van der Waals surface area (Å²) in [5, 5.41) is 2.28. The molecule has 5 heteroatoms. The molecule has 0 atom stereocenters. The fourth-order valence-corrected chi connectivity index (χ4v) is 7.37.